The third-order valence-electron chi connectivity index (χ3n) is 7.16. The number of hydrogen-bond donors (Lipinski definition) is 4. The van der Waals surface area contributed by atoms with E-state index in [-0.39, 0.29) is 17.7 Å². The van der Waals surface area contributed by atoms with Crippen molar-refractivity contribution in [3.8, 4) is 11.5 Å². The molecule has 4 aromatic rings. The molecule has 2 atom stereocenters. The molecular weight excluding hydrogens is 557 g/mol. The molecule has 1 fully saturated rings. The summed E-state index contributed by atoms with van der Waals surface area (Å²) in [6, 6.07) is 14.4. The molecule has 2 aromatic heterocycles. The Hall–Kier alpha value is -4.70. The van der Waals surface area contributed by atoms with E-state index < -0.39 is 0 Å². The molecular formula is C34H44FN7O2. The van der Waals surface area contributed by atoms with E-state index in [2.05, 4.69) is 45.1 Å². The van der Waals surface area contributed by atoms with Gasteiger partial charge in [-0.15, -0.1) is 0 Å². The van der Waals surface area contributed by atoms with Crippen molar-refractivity contribution in [3.05, 3.63) is 102 Å². The lowest BCUT2D eigenvalue weighted by Crippen LogP contribution is -2.11. The van der Waals surface area contributed by atoms with Crippen molar-refractivity contribution in [2.45, 2.75) is 45.6 Å². The summed E-state index contributed by atoms with van der Waals surface area (Å²) in [5.74, 6) is 1.62. The van der Waals surface area contributed by atoms with E-state index in [1.54, 1.807) is 22.8 Å². The first-order valence-electron chi connectivity index (χ1n) is 14.7. The highest BCUT2D eigenvalue weighted by Crippen LogP contribution is 2.35. The molecule has 0 bridgehead atoms. The van der Waals surface area contributed by atoms with Gasteiger partial charge in [-0.05, 0) is 76.1 Å². The van der Waals surface area contributed by atoms with Crippen LogP contribution in [0.1, 0.15) is 55.5 Å². The summed E-state index contributed by atoms with van der Waals surface area (Å²) < 4.78 is 19.9. The van der Waals surface area contributed by atoms with Crippen LogP contribution in [0, 0.1) is 11.7 Å². The third-order valence-corrected chi connectivity index (χ3v) is 7.16. The molecule has 2 aromatic carbocycles. The highest BCUT2D eigenvalue weighted by Gasteiger charge is 2.24. The van der Waals surface area contributed by atoms with Crippen LogP contribution < -0.4 is 26.4 Å². The molecule has 5 N–H and O–H groups in total. The van der Waals surface area contributed by atoms with E-state index in [9.17, 15) is 9.18 Å². The number of carbonyl (C=O) groups is 1. The normalized spacial score (nSPS) is 14.1. The van der Waals surface area contributed by atoms with Crippen molar-refractivity contribution in [3.63, 3.8) is 0 Å². The van der Waals surface area contributed by atoms with Crippen LogP contribution in [0.15, 0.2) is 85.0 Å². The zero-order valence-corrected chi connectivity index (χ0v) is 26.3. The van der Waals surface area contributed by atoms with Crippen LogP contribution in [0.2, 0.25) is 0 Å². The first-order valence-corrected chi connectivity index (χ1v) is 14.7. The number of fused-ring (bicyclic) bond motifs is 1. The first-order chi connectivity index (χ1) is 21.2. The van der Waals surface area contributed by atoms with Gasteiger partial charge in [-0.1, -0.05) is 31.2 Å². The number of ether oxygens (including phenoxy) is 1. The van der Waals surface area contributed by atoms with Crippen LogP contribution in [-0.4, -0.2) is 48.1 Å². The molecule has 234 valence electrons. The SMILES string of the molecule is C/C=C\C(c1c(C=O)cn2ncnc(N)c12)C(C)/C=C(\C)NC.CNC1CC1.CNc1cccc(Oc2ccc(F)cc2)c1. The highest BCUT2D eigenvalue weighted by molar-refractivity contribution is 5.86. The molecule has 2 heterocycles. The summed E-state index contributed by atoms with van der Waals surface area (Å²) >= 11 is 0. The minimum Gasteiger partial charge on any atom is -0.457 e. The van der Waals surface area contributed by atoms with E-state index in [4.69, 9.17) is 10.5 Å². The van der Waals surface area contributed by atoms with Crippen molar-refractivity contribution in [1.82, 2.24) is 25.2 Å². The van der Waals surface area contributed by atoms with E-state index in [0.717, 1.165) is 35.0 Å². The monoisotopic (exact) mass is 601 g/mol. The molecule has 0 saturated heterocycles. The fourth-order valence-electron chi connectivity index (χ4n) is 4.57. The second-order valence-electron chi connectivity index (χ2n) is 10.5. The number of nitrogens with one attached hydrogen (secondary N) is 3. The molecule has 0 spiro atoms. The summed E-state index contributed by atoms with van der Waals surface area (Å²) in [6.07, 6.45) is 12.9. The molecule has 10 heteroatoms. The Morgan fingerprint density at radius 1 is 1.14 bits per heavy atom. The molecule has 44 heavy (non-hydrogen) atoms. The fourth-order valence-corrected chi connectivity index (χ4v) is 4.57. The lowest BCUT2D eigenvalue weighted by molar-refractivity contribution is 0.112. The summed E-state index contributed by atoms with van der Waals surface area (Å²) in [6.45, 7) is 6.09. The molecule has 5 rings (SSSR count). The number of aldehydes is 1. The Morgan fingerprint density at radius 3 is 2.43 bits per heavy atom. The number of halogens is 1. The van der Waals surface area contributed by atoms with Crippen molar-refractivity contribution < 1.29 is 13.9 Å². The predicted molar refractivity (Wildman–Crippen MR) is 177 cm³/mol. The van der Waals surface area contributed by atoms with Gasteiger partial charge in [-0.2, -0.15) is 5.10 Å². The van der Waals surface area contributed by atoms with Gasteiger partial charge in [0.1, 0.15) is 29.2 Å². The van der Waals surface area contributed by atoms with Gasteiger partial charge < -0.3 is 26.4 Å². The van der Waals surface area contributed by atoms with Gasteiger partial charge in [0.15, 0.2) is 12.1 Å². The highest BCUT2D eigenvalue weighted by atomic mass is 19.1. The minimum absolute atomic E-state index is 0.00167. The van der Waals surface area contributed by atoms with E-state index in [0.29, 0.717) is 22.6 Å². The van der Waals surface area contributed by atoms with Crippen molar-refractivity contribution in [1.29, 1.82) is 0 Å². The summed E-state index contributed by atoms with van der Waals surface area (Å²) in [4.78, 5) is 15.6. The zero-order valence-electron chi connectivity index (χ0n) is 26.3. The Labute approximate surface area is 259 Å². The van der Waals surface area contributed by atoms with Gasteiger partial charge in [0.2, 0.25) is 0 Å². The number of benzene rings is 2. The van der Waals surface area contributed by atoms with Crippen LogP contribution in [0.5, 0.6) is 11.5 Å². The molecule has 1 saturated carbocycles. The maximum absolute atomic E-state index is 12.7. The molecule has 0 aliphatic heterocycles. The second kappa shape index (κ2) is 16.8. The van der Waals surface area contributed by atoms with E-state index in [1.165, 1.54) is 31.3 Å². The van der Waals surface area contributed by atoms with Crippen LogP contribution >= 0.6 is 0 Å². The van der Waals surface area contributed by atoms with Gasteiger partial charge in [0.05, 0.1) is 0 Å². The summed E-state index contributed by atoms with van der Waals surface area (Å²) in [5.41, 5.74) is 10.2. The van der Waals surface area contributed by atoms with E-state index in [1.807, 2.05) is 65.3 Å². The molecule has 1 aliphatic rings. The number of allylic oxidation sites excluding steroid dienone is 4. The topological polar surface area (TPSA) is 119 Å². The largest absolute Gasteiger partial charge is 0.457 e. The number of nitrogen functional groups attached to an aromatic ring is 1. The molecule has 0 radical (unpaired) electrons. The molecule has 0 amide bonds. The average molecular weight is 602 g/mol. The van der Waals surface area contributed by atoms with Gasteiger partial charge >= 0.3 is 0 Å². The van der Waals surface area contributed by atoms with Crippen molar-refractivity contribution in [2.24, 2.45) is 5.92 Å². The van der Waals surface area contributed by atoms with Crippen LogP contribution in [0.4, 0.5) is 15.9 Å². The molecule has 2 unspecified atom stereocenters. The number of nitrogens with two attached hydrogens (primary N) is 1. The lowest BCUT2D eigenvalue weighted by atomic mass is 9.84. The Kier molecular flexibility index (Phi) is 12.9. The second-order valence-corrected chi connectivity index (χ2v) is 10.5. The van der Waals surface area contributed by atoms with Crippen LogP contribution in [0.3, 0.4) is 0 Å². The Morgan fingerprint density at radius 2 is 1.86 bits per heavy atom. The van der Waals surface area contributed by atoms with Gasteiger partial charge in [0.25, 0.3) is 0 Å². The Balaban J connectivity index is 0.000000216. The average Bonchev–Trinajstić information content (AvgIpc) is 3.81. The summed E-state index contributed by atoms with van der Waals surface area (Å²) in [5, 5.41) is 13.5. The Bertz CT molecular complexity index is 1550. The van der Waals surface area contributed by atoms with Crippen LogP contribution in [0.25, 0.3) is 5.52 Å². The number of nitrogens with zero attached hydrogens (tertiary/aromatic N) is 3. The maximum Gasteiger partial charge on any atom is 0.151 e. The molecule has 1 aliphatic carbocycles. The number of anilines is 2. The van der Waals surface area contributed by atoms with E-state index >= 15 is 0 Å². The van der Waals surface area contributed by atoms with Crippen molar-refractivity contribution >= 4 is 23.3 Å². The smallest absolute Gasteiger partial charge is 0.151 e. The molecule has 9 nitrogen and oxygen atoms in total. The zero-order chi connectivity index (χ0) is 32.1. The third kappa shape index (κ3) is 9.67. The number of aromatic nitrogens is 3. The lowest BCUT2D eigenvalue weighted by Gasteiger charge is -2.20. The van der Waals surface area contributed by atoms with Crippen molar-refractivity contribution in [2.75, 3.05) is 32.2 Å². The standard InChI is InChI=1S/C17H23N5O.C13H12FNO.C4H9N/c1-5-6-14(11(2)7-12(3)19-4)15-13(9-23)8-22-16(15)17(18)20-10-21-22;1-15-11-3-2-4-13(9-11)16-12-7-5-10(14)6-8-12;1-5-4-2-3-4/h5-11,14,19H,1-4H3,(H2,18,20,21);2-9,15H,1H3;4-5H,2-3H2,1H3/b6-5-,12-7+;;. The number of carbonyl (C=O) groups excluding carboxylic acids is 1. The minimum atomic E-state index is -0.267. The van der Waals surface area contributed by atoms with Gasteiger partial charge in [-0.3, -0.25) is 4.79 Å². The van der Waals surface area contributed by atoms with Gasteiger partial charge in [-0.25, -0.2) is 13.9 Å². The fraction of sp³-hybridized carbons (Fsp3) is 0.324. The first kappa shape index (κ1) is 33.8. The van der Waals surface area contributed by atoms with Gasteiger partial charge in [0, 0.05) is 60.8 Å². The maximum atomic E-state index is 12.7. The predicted octanol–water partition coefficient (Wildman–Crippen LogP) is 6.57. The quantitative estimate of drug-likeness (QED) is 0.119. The number of hydrogen-bond acceptors (Lipinski definition) is 8. The summed E-state index contributed by atoms with van der Waals surface area (Å²) in [7, 11) is 5.74. The number of rotatable bonds is 10. The van der Waals surface area contributed by atoms with Crippen LogP contribution in [-0.2, 0) is 0 Å².